The number of rotatable bonds is 3. The molecule has 0 saturated carbocycles. The molecule has 29 heavy (non-hydrogen) atoms. The number of aliphatic imine (C=N–C) groups is 1. The fourth-order valence-corrected chi connectivity index (χ4v) is 4.50. The van der Waals surface area contributed by atoms with Gasteiger partial charge >= 0.3 is 0 Å². The Kier molecular flexibility index (Phi) is 5.14. The molecule has 0 unspecified atom stereocenters. The molecule has 0 saturated heterocycles. The van der Waals surface area contributed by atoms with Crippen LogP contribution >= 0.6 is 35.0 Å². The van der Waals surface area contributed by atoms with Crippen molar-refractivity contribution < 1.29 is 4.79 Å². The van der Waals surface area contributed by atoms with Crippen LogP contribution in [0.2, 0.25) is 10.0 Å². The number of hydrogen-bond donors (Lipinski definition) is 1. The van der Waals surface area contributed by atoms with Crippen LogP contribution in [0.5, 0.6) is 0 Å². The highest BCUT2D eigenvalue weighted by atomic mass is 35.5. The Morgan fingerprint density at radius 3 is 2.76 bits per heavy atom. The van der Waals surface area contributed by atoms with E-state index in [1.807, 2.05) is 43.5 Å². The molecule has 6 nitrogen and oxygen atoms in total. The number of fused-ring (bicyclic) bond motifs is 1. The smallest absolute Gasteiger partial charge is 0.283 e. The van der Waals surface area contributed by atoms with Crippen LogP contribution in [0.4, 0.5) is 0 Å². The molecule has 1 N–H and O–H groups in total. The summed E-state index contributed by atoms with van der Waals surface area (Å²) < 4.78 is 1.98. The zero-order valence-corrected chi connectivity index (χ0v) is 18.3. The van der Waals surface area contributed by atoms with Crippen LogP contribution < -0.4 is 0 Å². The van der Waals surface area contributed by atoms with Gasteiger partial charge in [0, 0.05) is 11.4 Å². The largest absolute Gasteiger partial charge is 0.316 e. The molecule has 2 aliphatic rings. The van der Waals surface area contributed by atoms with Crippen molar-refractivity contribution in [2.45, 2.75) is 27.2 Å². The number of carbonyl (C=O) groups excluding carboxylic acids is 1. The van der Waals surface area contributed by atoms with E-state index in [9.17, 15) is 4.79 Å². The number of hydrogen-bond acceptors (Lipinski definition) is 4. The van der Waals surface area contributed by atoms with Crippen molar-refractivity contribution in [2.75, 3.05) is 0 Å². The second kappa shape index (κ2) is 7.48. The van der Waals surface area contributed by atoms with Crippen molar-refractivity contribution in [1.82, 2.24) is 9.58 Å². The standard InChI is InChI=1S/C20H17Cl2N5OS/c1-4-16-25-27-18(23)13(19(28)24-20(27)29-16)9-12-8-10(2)26(11(12)3)15-7-5-6-14(21)17(15)22/h5-9,23H,4H2,1-3H3/b13-9-,23-18?. The van der Waals surface area contributed by atoms with Crippen molar-refractivity contribution in [3.05, 3.63) is 56.8 Å². The molecule has 0 fully saturated rings. The summed E-state index contributed by atoms with van der Waals surface area (Å²) >= 11 is 13.9. The van der Waals surface area contributed by atoms with Crippen LogP contribution in [-0.2, 0) is 4.79 Å². The summed E-state index contributed by atoms with van der Waals surface area (Å²) in [6.45, 7) is 5.86. The number of amides is 1. The highest BCUT2D eigenvalue weighted by molar-refractivity contribution is 8.26. The van der Waals surface area contributed by atoms with Crippen molar-refractivity contribution in [3.8, 4) is 5.69 Å². The quantitative estimate of drug-likeness (QED) is 0.639. The Bertz CT molecular complexity index is 1160. The van der Waals surface area contributed by atoms with E-state index >= 15 is 0 Å². The van der Waals surface area contributed by atoms with Gasteiger partial charge in [0.15, 0.2) is 5.84 Å². The Hall–Kier alpha value is -2.35. The molecule has 0 atom stereocenters. The molecule has 3 heterocycles. The van der Waals surface area contributed by atoms with Crippen LogP contribution in [0.15, 0.2) is 39.9 Å². The third kappa shape index (κ3) is 3.33. The molecule has 0 spiro atoms. The monoisotopic (exact) mass is 445 g/mol. The van der Waals surface area contributed by atoms with Gasteiger partial charge in [-0.3, -0.25) is 10.2 Å². The average molecular weight is 446 g/mol. The van der Waals surface area contributed by atoms with E-state index in [1.165, 1.54) is 16.8 Å². The number of halogens is 2. The minimum Gasteiger partial charge on any atom is -0.316 e. The van der Waals surface area contributed by atoms with Crippen LogP contribution in [-0.4, -0.2) is 31.5 Å². The average Bonchev–Trinajstić information content (AvgIpc) is 3.22. The topological polar surface area (TPSA) is 73.8 Å². The molecule has 1 aromatic carbocycles. The van der Waals surface area contributed by atoms with E-state index in [2.05, 4.69) is 10.1 Å². The van der Waals surface area contributed by atoms with Gasteiger partial charge in [0.05, 0.1) is 21.3 Å². The molecular weight excluding hydrogens is 429 g/mol. The maximum absolute atomic E-state index is 12.6. The summed E-state index contributed by atoms with van der Waals surface area (Å²) in [4.78, 5) is 16.7. The van der Waals surface area contributed by atoms with Gasteiger partial charge < -0.3 is 4.57 Å². The van der Waals surface area contributed by atoms with Crippen LogP contribution in [0, 0.1) is 19.3 Å². The summed E-state index contributed by atoms with van der Waals surface area (Å²) in [5.41, 5.74) is 3.57. The van der Waals surface area contributed by atoms with Gasteiger partial charge in [-0.05, 0) is 61.9 Å². The number of nitrogens with one attached hydrogen (secondary N) is 1. The van der Waals surface area contributed by atoms with Gasteiger partial charge in [-0.2, -0.15) is 15.1 Å². The first-order valence-electron chi connectivity index (χ1n) is 8.94. The van der Waals surface area contributed by atoms with E-state index in [0.717, 1.165) is 34.1 Å². The lowest BCUT2D eigenvalue weighted by Crippen LogP contribution is -2.35. The molecule has 1 aromatic heterocycles. The molecular formula is C20H17Cl2N5OS. The third-order valence-electron chi connectivity index (χ3n) is 4.74. The highest BCUT2D eigenvalue weighted by Crippen LogP contribution is 2.33. The van der Waals surface area contributed by atoms with Crippen LogP contribution in [0.1, 0.15) is 30.3 Å². The number of nitrogens with zero attached hydrogens (tertiary/aromatic N) is 4. The van der Waals surface area contributed by atoms with E-state index in [1.54, 1.807) is 12.1 Å². The van der Waals surface area contributed by atoms with Crippen molar-refractivity contribution in [1.29, 1.82) is 5.41 Å². The lowest BCUT2D eigenvalue weighted by atomic mass is 10.1. The van der Waals surface area contributed by atoms with Gasteiger partial charge in [0.25, 0.3) is 5.91 Å². The van der Waals surface area contributed by atoms with E-state index in [4.69, 9.17) is 28.6 Å². The van der Waals surface area contributed by atoms with E-state index in [-0.39, 0.29) is 11.4 Å². The molecule has 2 aliphatic heterocycles. The Morgan fingerprint density at radius 2 is 2.03 bits per heavy atom. The number of amidine groups is 2. The lowest BCUT2D eigenvalue weighted by Gasteiger charge is -2.20. The summed E-state index contributed by atoms with van der Waals surface area (Å²) in [5, 5.41) is 16.5. The Morgan fingerprint density at radius 1 is 1.28 bits per heavy atom. The zero-order chi connectivity index (χ0) is 20.9. The summed E-state index contributed by atoms with van der Waals surface area (Å²) in [6.07, 6.45) is 2.41. The molecule has 9 heteroatoms. The van der Waals surface area contributed by atoms with Crippen molar-refractivity contribution in [2.24, 2.45) is 10.1 Å². The summed E-state index contributed by atoms with van der Waals surface area (Å²) in [6, 6.07) is 7.41. The molecule has 0 aliphatic carbocycles. The van der Waals surface area contributed by atoms with Gasteiger partial charge in [0.2, 0.25) is 5.17 Å². The SMILES string of the molecule is CCC1=NN2C(=N)/C(=C/c3cc(C)n(-c4cccc(Cl)c4Cl)c3C)C(=O)N=C2S1. The normalized spacial score (nSPS) is 17.7. The molecule has 0 bridgehead atoms. The molecule has 0 radical (unpaired) electrons. The maximum Gasteiger partial charge on any atom is 0.283 e. The number of hydrazone groups is 1. The second-order valence-corrected chi connectivity index (χ2v) is 8.43. The molecule has 2 aromatic rings. The first-order chi connectivity index (χ1) is 13.8. The predicted octanol–water partition coefficient (Wildman–Crippen LogP) is 5.43. The fraction of sp³-hybridized carbons (Fsp3) is 0.200. The summed E-state index contributed by atoms with van der Waals surface area (Å²) in [7, 11) is 0. The molecule has 1 amide bonds. The number of carbonyl (C=O) groups is 1. The fourth-order valence-electron chi connectivity index (χ4n) is 3.30. The zero-order valence-electron chi connectivity index (χ0n) is 16.0. The number of aromatic nitrogens is 1. The van der Waals surface area contributed by atoms with Crippen molar-refractivity contribution >= 4 is 63.0 Å². The first-order valence-corrected chi connectivity index (χ1v) is 10.5. The third-order valence-corrected chi connectivity index (χ3v) is 6.60. The number of benzene rings is 1. The van der Waals surface area contributed by atoms with Gasteiger partial charge in [-0.1, -0.05) is 36.2 Å². The van der Waals surface area contributed by atoms with Crippen molar-refractivity contribution in [3.63, 3.8) is 0 Å². The minimum absolute atomic E-state index is 0.0292. The molecule has 148 valence electrons. The van der Waals surface area contributed by atoms with Gasteiger partial charge in [-0.15, -0.1) is 0 Å². The predicted molar refractivity (Wildman–Crippen MR) is 121 cm³/mol. The van der Waals surface area contributed by atoms with Crippen LogP contribution in [0.3, 0.4) is 0 Å². The molecule has 4 rings (SSSR count). The maximum atomic E-state index is 12.6. The first kappa shape index (κ1) is 19.9. The Labute approximate surface area is 182 Å². The Balaban J connectivity index is 1.78. The summed E-state index contributed by atoms with van der Waals surface area (Å²) in [5.74, 6) is -0.409. The number of aryl methyl sites for hydroxylation is 1. The van der Waals surface area contributed by atoms with Crippen LogP contribution in [0.25, 0.3) is 11.8 Å². The minimum atomic E-state index is -0.438. The lowest BCUT2D eigenvalue weighted by molar-refractivity contribution is -0.114. The van der Waals surface area contributed by atoms with E-state index in [0.29, 0.717) is 15.2 Å². The number of thioether (sulfide) groups is 1. The highest BCUT2D eigenvalue weighted by Gasteiger charge is 2.35. The van der Waals surface area contributed by atoms with E-state index < -0.39 is 5.91 Å². The second-order valence-electron chi connectivity index (χ2n) is 6.60. The van der Waals surface area contributed by atoms with Gasteiger partial charge in [0.1, 0.15) is 5.04 Å². The van der Waals surface area contributed by atoms with Gasteiger partial charge in [-0.25, -0.2) is 0 Å².